The summed E-state index contributed by atoms with van der Waals surface area (Å²) in [6.45, 7) is 8.55. The Labute approximate surface area is 156 Å². The summed E-state index contributed by atoms with van der Waals surface area (Å²) in [5.74, 6) is -0.827. The second kappa shape index (κ2) is 8.69. The molecule has 0 aromatic heterocycles. The van der Waals surface area contributed by atoms with Crippen molar-refractivity contribution in [2.45, 2.75) is 71.4 Å². The molecule has 2 heterocycles. The molecule has 1 N–H and O–H groups in total. The van der Waals surface area contributed by atoms with Crippen LogP contribution in [0.2, 0.25) is 0 Å². The van der Waals surface area contributed by atoms with E-state index in [2.05, 4.69) is 5.32 Å². The molecule has 0 aliphatic carbocycles. The van der Waals surface area contributed by atoms with Crippen LogP contribution in [-0.4, -0.2) is 47.4 Å². The maximum absolute atomic E-state index is 13.1. The Morgan fingerprint density at radius 2 is 1.96 bits per heavy atom. The van der Waals surface area contributed by atoms with Crippen molar-refractivity contribution in [2.24, 2.45) is 11.8 Å². The molecule has 2 aliphatic rings. The van der Waals surface area contributed by atoms with Gasteiger partial charge < -0.3 is 15.0 Å². The maximum atomic E-state index is 13.1. The van der Waals surface area contributed by atoms with Crippen LogP contribution in [0.5, 0.6) is 0 Å². The molecule has 2 aliphatic heterocycles. The highest BCUT2D eigenvalue weighted by Gasteiger charge is 2.35. The van der Waals surface area contributed by atoms with Gasteiger partial charge in [-0.25, -0.2) is 0 Å². The van der Waals surface area contributed by atoms with Crippen LogP contribution < -0.4 is 5.32 Å². The normalized spacial score (nSPS) is 28.0. The van der Waals surface area contributed by atoms with Crippen molar-refractivity contribution in [3.63, 3.8) is 0 Å². The van der Waals surface area contributed by atoms with Gasteiger partial charge in [-0.05, 0) is 46.5 Å². The zero-order valence-electron chi connectivity index (χ0n) is 16.4. The Kier molecular flexibility index (Phi) is 6.84. The van der Waals surface area contributed by atoms with Crippen molar-refractivity contribution < 1.29 is 19.1 Å². The quantitative estimate of drug-likeness (QED) is 0.603. The van der Waals surface area contributed by atoms with E-state index in [4.69, 9.17) is 4.74 Å². The number of allylic oxidation sites excluding steroid dienone is 2. The third kappa shape index (κ3) is 5.85. The van der Waals surface area contributed by atoms with Gasteiger partial charge in [-0.15, -0.1) is 0 Å². The van der Waals surface area contributed by atoms with E-state index >= 15 is 0 Å². The third-order valence-corrected chi connectivity index (χ3v) is 4.88. The van der Waals surface area contributed by atoms with Gasteiger partial charge in [0.15, 0.2) is 0 Å². The van der Waals surface area contributed by atoms with E-state index in [1.807, 2.05) is 44.7 Å². The van der Waals surface area contributed by atoms with Crippen LogP contribution >= 0.6 is 0 Å². The number of nitrogens with zero attached hydrogens (tertiary/aromatic N) is 1. The van der Waals surface area contributed by atoms with Gasteiger partial charge in [0.2, 0.25) is 11.8 Å². The highest BCUT2D eigenvalue weighted by molar-refractivity contribution is 5.85. The fourth-order valence-electron chi connectivity index (χ4n) is 3.49. The molecule has 26 heavy (non-hydrogen) atoms. The molecule has 0 aromatic carbocycles. The first-order valence-corrected chi connectivity index (χ1v) is 9.62. The summed E-state index contributed by atoms with van der Waals surface area (Å²) in [6, 6.07) is 0.0168. The first kappa shape index (κ1) is 20.5. The van der Waals surface area contributed by atoms with Gasteiger partial charge in [-0.3, -0.25) is 14.4 Å². The zero-order chi connectivity index (χ0) is 19.3. The van der Waals surface area contributed by atoms with Crippen LogP contribution in [0.15, 0.2) is 12.2 Å². The zero-order valence-corrected chi connectivity index (χ0v) is 16.4. The van der Waals surface area contributed by atoms with Crippen molar-refractivity contribution in [3.8, 4) is 0 Å². The lowest BCUT2D eigenvalue weighted by Crippen LogP contribution is -2.46. The first-order valence-electron chi connectivity index (χ1n) is 9.62. The number of rotatable bonds is 2. The van der Waals surface area contributed by atoms with Crippen LogP contribution in [0.25, 0.3) is 0 Å². The third-order valence-electron chi connectivity index (χ3n) is 4.88. The Morgan fingerprint density at radius 1 is 1.27 bits per heavy atom. The van der Waals surface area contributed by atoms with Crippen LogP contribution in [-0.2, 0) is 19.1 Å². The highest BCUT2D eigenvalue weighted by Crippen LogP contribution is 2.24. The molecule has 0 radical (unpaired) electrons. The van der Waals surface area contributed by atoms with Gasteiger partial charge in [-0.2, -0.15) is 0 Å². The average molecular weight is 364 g/mol. The molecular formula is C20H32N2O4. The number of esters is 1. The van der Waals surface area contributed by atoms with Crippen LogP contribution in [0.1, 0.15) is 59.8 Å². The SMILES string of the molecule is C[C@H]1CC=CC[C@@H](CC(=O)OC(C)(C)C)C(=O)N2CCC[C@H]2CNC1=O. The predicted molar refractivity (Wildman–Crippen MR) is 99.2 cm³/mol. The number of carbonyl (C=O) groups excluding carboxylic acids is 3. The summed E-state index contributed by atoms with van der Waals surface area (Å²) >= 11 is 0. The lowest BCUT2D eigenvalue weighted by atomic mass is 9.97. The fraction of sp³-hybridized carbons (Fsp3) is 0.750. The van der Waals surface area contributed by atoms with E-state index < -0.39 is 11.5 Å². The van der Waals surface area contributed by atoms with Crippen molar-refractivity contribution in [1.82, 2.24) is 10.2 Å². The van der Waals surface area contributed by atoms with Crippen LogP contribution in [0.4, 0.5) is 0 Å². The average Bonchev–Trinajstić information content (AvgIpc) is 3.00. The van der Waals surface area contributed by atoms with Crippen molar-refractivity contribution >= 4 is 17.8 Å². The van der Waals surface area contributed by atoms with E-state index in [0.29, 0.717) is 25.9 Å². The molecule has 2 amide bonds. The minimum Gasteiger partial charge on any atom is -0.460 e. The van der Waals surface area contributed by atoms with E-state index in [1.165, 1.54) is 0 Å². The van der Waals surface area contributed by atoms with Gasteiger partial charge >= 0.3 is 5.97 Å². The van der Waals surface area contributed by atoms with Gasteiger partial charge in [0.1, 0.15) is 5.60 Å². The molecule has 0 spiro atoms. The molecular weight excluding hydrogens is 332 g/mol. The summed E-state index contributed by atoms with van der Waals surface area (Å²) < 4.78 is 5.41. The number of hydrogen-bond acceptors (Lipinski definition) is 4. The molecule has 0 aromatic rings. The number of amides is 2. The Hall–Kier alpha value is -1.85. The van der Waals surface area contributed by atoms with Gasteiger partial charge in [0.05, 0.1) is 12.3 Å². The topological polar surface area (TPSA) is 75.7 Å². The fourth-order valence-corrected chi connectivity index (χ4v) is 3.49. The molecule has 146 valence electrons. The molecule has 0 unspecified atom stereocenters. The standard InChI is InChI=1S/C20H32N2O4/c1-14-8-5-6-9-15(12-17(23)26-20(2,3)4)19(25)22-11-7-10-16(22)13-21-18(14)24/h5-6,14-16H,7-13H2,1-4H3,(H,21,24)/t14-,15-,16-/m0/s1. The summed E-state index contributed by atoms with van der Waals surface area (Å²) in [5, 5.41) is 2.97. The summed E-state index contributed by atoms with van der Waals surface area (Å²) in [4.78, 5) is 39.3. The smallest absolute Gasteiger partial charge is 0.307 e. The molecule has 3 atom stereocenters. The van der Waals surface area contributed by atoms with Crippen molar-refractivity contribution in [2.75, 3.05) is 13.1 Å². The molecule has 0 bridgehead atoms. The Bertz CT molecular complexity index is 565. The largest absolute Gasteiger partial charge is 0.460 e. The molecule has 0 saturated carbocycles. The molecule has 2 rings (SSSR count). The van der Waals surface area contributed by atoms with Gasteiger partial charge in [0.25, 0.3) is 0 Å². The number of ether oxygens (including phenoxy) is 1. The van der Waals surface area contributed by atoms with E-state index in [9.17, 15) is 14.4 Å². The van der Waals surface area contributed by atoms with Crippen molar-refractivity contribution in [3.05, 3.63) is 12.2 Å². The lowest BCUT2D eigenvalue weighted by Gasteiger charge is -2.30. The molecule has 1 fully saturated rings. The highest BCUT2D eigenvalue weighted by atomic mass is 16.6. The summed E-state index contributed by atoms with van der Waals surface area (Å²) in [6.07, 6.45) is 6.88. The Morgan fingerprint density at radius 3 is 2.65 bits per heavy atom. The summed E-state index contributed by atoms with van der Waals surface area (Å²) in [5.41, 5.74) is -0.558. The number of hydrogen-bond donors (Lipinski definition) is 1. The molecule has 1 saturated heterocycles. The first-order chi connectivity index (χ1) is 12.2. The van der Waals surface area contributed by atoms with Crippen LogP contribution in [0.3, 0.4) is 0 Å². The summed E-state index contributed by atoms with van der Waals surface area (Å²) in [7, 11) is 0. The Balaban J connectivity index is 2.15. The maximum Gasteiger partial charge on any atom is 0.307 e. The predicted octanol–water partition coefficient (Wildman–Crippen LogP) is 2.43. The monoisotopic (exact) mass is 364 g/mol. The lowest BCUT2D eigenvalue weighted by molar-refractivity contribution is -0.158. The minimum absolute atomic E-state index is 0.00844. The van der Waals surface area contributed by atoms with Crippen molar-refractivity contribution in [1.29, 1.82) is 0 Å². The van der Waals surface area contributed by atoms with E-state index in [0.717, 1.165) is 12.8 Å². The second-order valence-electron chi connectivity index (χ2n) is 8.40. The minimum atomic E-state index is -0.558. The van der Waals surface area contributed by atoms with Crippen LogP contribution in [0, 0.1) is 11.8 Å². The molecule has 6 heteroatoms. The number of carbonyl (C=O) groups is 3. The number of fused-ring (bicyclic) bond motifs is 1. The second-order valence-corrected chi connectivity index (χ2v) is 8.40. The van der Waals surface area contributed by atoms with Gasteiger partial charge in [0, 0.05) is 25.0 Å². The van der Waals surface area contributed by atoms with E-state index in [-0.39, 0.29) is 36.2 Å². The molecule has 6 nitrogen and oxygen atoms in total. The van der Waals surface area contributed by atoms with Gasteiger partial charge in [-0.1, -0.05) is 19.1 Å². The number of nitrogens with one attached hydrogen (secondary N) is 1. The van der Waals surface area contributed by atoms with E-state index in [1.54, 1.807) is 0 Å².